The van der Waals surface area contributed by atoms with Crippen LogP contribution in [0.25, 0.3) is 0 Å². The summed E-state index contributed by atoms with van der Waals surface area (Å²) in [4.78, 5) is 0. The second-order valence-electron chi connectivity index (χ2n) is 7.12. The second kappa shape index (κ2) is 8.79. The molecule has 0 N–H and O–H groups in total. The van der Waals surface area contributed by atoms with Crippen LogP contribution in [0, 0.1) is 17.8 Å². The fourth-order valence-electron chi connectivity index (χ4n) is 3.50. The van der Waals surface area contributed by atoms with Crippen LogP contribution in [0.3, 0.4) is 0 Å². The summed E-state index contributed by atoms with van der Waals surface area (Å²) in [6, 6.07) is 10.4. The number of hydrogen-bond acceptors (Lipinski definition) is 2. The second-order valence-corrected chi connectivity index (χ2v) is 8.44. The van der Waals surface area contributed by atoms with Crippen LogP contribution in [-0.4, -0.2) is 12.3 Å². The molecule has 1 aliphatic carbocycles. The topological polar surface area (TPSA) is 26.3 Å². The summed E-state index contributed by atoms with van der Waals surface area (Å²) in [7, 11) is -1.52. The molecular weight excluding hydrogens is 291 g/mol. The molecule has 1 fully saturated rings. The summed E-state index contributed by atoms with van der Waals surface area (Å²) in [5.74, 6) is 1.89. The smallest absolute Gasteiger partial charge is 0.143 e. The quantitative estimate of drug-likeness (QED) is 0.590. The van der Waals surface area contributed by atoms with Crippen LogP contribution in [0.2, 0.25) is 0 Å². The standard InChI is InChI=1S/C19H30O2P/c1-15(2)18-12-11-16(3)14-19(18)21-22(20)13-7-10-17-8-5-4-6-9-17/h4-6,8-9,15-16,18-19H,7,10-14H2,1-3H3/q+1. The molecule has 0 saturated heterocycles. The molecule has 122 valence electrons. The molecule has 4 atom stereocenters. The molecule has 1 aromatic rings. The monoisotopic (exact) mass is 321 g/mol. The highest BCUT2D eigenvalue weighted by Crippen LogP contribution is 2.40. The largest absolute Gasteiger partial charge is 0.508 e. The van der Waals surface area contributed by atoms with E-state index in [2.05, 4.69) is 45.0 Å². The third kappa shape index (κ3) is 5.48. The lowest BCUT2D eigenvalue weighted by atomic mass is 9.75. The van der Waals surface area contributed by atoms with Crippen molar-refractivity contribution in [1.82, 2.24) is 0 Å². The third-order valence-electron chi connectivity index (χ3n) is 4.86. The predicted molar refractivity (Wildman–Crippen MR) is 93.5 cm³/mol. The van der Waals surface area contributed by atoms with E-state index < -0.39 is 8.03 Å². The van der Waals surface area contributed by atoms with Gasteiger partial charge in [0.1, 0.15) is 6.10 Å². The number of hydrogen-bond donors (Lipinski definition) is 0. The van der Waals surface area contributed by atoms with Crippen LogP contribution < -0.4 is 0 Å². The Balaban J connectivity index is 1.77. The Hall–Kier alpha value is -0.720. The van der Waals surface area contributed by atoms with Gasteiger partial charge in [-0.05, 0) is 53.6 Å². The summed E-state index contributed by atoms with van der Waals surface area (Å²) in [6.07, 6.45) is 6.38. The minimum atomic E-state index is -1.52. The molecule has 2 rings (SSSR count). The van der Waals surface area contributed by atoms with Crippen molar-refractivity contribution in [1.29, 1.82) is 0 Å². The number of aryl methyl sites for hydroxylation is 1. The van der Waals surface area contributed by atoms with Gasteiger partial charge in [0.05, 0.1) is 0 Å². The molecule has 22 heavy (non-hydrogen) atoms. The molecule has 4 unspecified atom stereocenters. The SMILES string of the molecule is CC1CCC(C(C)C)C(O[P+](=O)CCCc2ccccc2)C1. The predicted octanol–water partition coefficient (Wildman–Crippen LogP) is 5.84. The lowest BCUT2D eigenvalue weighted by Crippen LogP contribution is -2.33. The van der Waals surface area contributed by atoms with Crippen molar-refractivity contribution in [3.63, 3.8) is 0 Å². The zero-order valence-corrected chi connectivity index (χ0v) is 15.1. The normalized spacial score (nSPS) is 26.2. The van der Waals surface area contributed by atoms with Crippen molar-refractivity contribution in [3.8, 4) is 0 Å². The average molecular weight is 321 g/mol. The van der Waals surface area contributed by atoms with Crippen LogP contribution in [0.15, 0.2) is 30.3 Å². The first-order valence-corrected chi connectivity index (χ1v) is 10.1. The van der Waals surface area contributed by atoms with E-state index in [-0.39, 0.29) is 6.10 Å². The van der Waals surface area contributed by atoms with Crippen molar-refractivity contribution < 1.29 is 9.09 Å². The van der Waals surface area contributed by atoms with Gasteiger partial charge < -0.3 is 0 Å². The van der Waals surface area contributed by atoms with Gasteiger partial charge in [0.2, 0.25) is 0 Å². The molecule has 1 aromatic carbocycles. The molecule has 0 aromatic heterocycles. The molecule has 0 amide bonds. The van der Waals surface area contributed by atoms with Crippen LogP contribution in [-0.2, 0) is 15.5 Å². The average Bonchev–Trinajstić information content (AvgIpc) is 2.48. The summed E-state index contributed by atoms with van der Waals surface area (Å²) in [5.41, 5.74) is 1.32. The summed E-state index contributed by atoms with van der Waals surface area (Å²) >= 11 is 0. The minimum Gasteiger partial charge on any atom is -0.143 e. The van der Waals surface area contributed by atoms with Crippen LogP contribution in [0.1, 0.15) is 52.0 Å². The molecular formula is C19H30O2P+. The molecule has 0 bridgehead atoms. The number of benzene rings is 1. The van der Waals surface area contributed by atoms with Crippen molar-refractivity contribution in [3.05, 3.63) is 35.9 Å². The third-order valence-corrected chi connectivity index (χ3v) is 6.05. The maximum Gasteiger partial charge on any atom is 0.508 e. The molecule has 0 radical (unpaired) electrons. The van der Waals surface area contributed by atoms with Crippen molar-refractivity contribution in [2.24, 2.45) is 17.8 Å². The van der Waals surface area contributed by atoms with E-state index in [1.165, 1.54) is 18.4 Å². The van der Waals surface area contributed by atoms with Gasteiger partial charge in [0.15, 0.2) is 6.16 Å². The van der Waals surface area contributed by atoms with E-state index in [0.717, 1.165) is 19.3 Å². The van der Waals surface area contributed by atoms with E-state index in [0.29, 0.717) is 23.9 Å². The maximum absolute atomic E-state index is 12.3. The van der Waals surface area contributed by atoms with Gasteiger partial charge in [-0.25, -0.2) is 0 Å². The van der Waals surface area contributed by atoms with Gasteiger partial charge in [-0.1, -0.05) is 57.5 Å². The molecule has 1 aliphatic rings. The first-order valence-electron chi connectivity index (χ1n) is 8.71. The molecule has 0 spiro atoms. The Morgan fingerprint density at radius 2 is 1.95 bits per heavy atom. The maximum atomic E-state index is 12.3. The first-order chi connectivity index (χ1) is 10.6. The Bertz CT molecular complexity index is 458. The lowest BCUT2D eigenvalue weighted by Gasteiger charge is -2.33. The summed E-state index contributed by atoms with van der Waals surface area (Å²) in [5, 5.41) is 0. The van der Waals surface area contributed by atoms with Crippen molar-refractivity contribution in [2.75, 3.05) is 6.16 Å². The van der Waals surface area contributed by atoms with Gasteiger partial charge >= 0.3 is 8.03 Å². The Morgan fingerprint density at radius 3 is 2.64 bits per heavy atom. The summed E-state index contributed by atoms with van der Waals surface area (Å²) < 4.78 is 18.3. The van der Waals surface area contributed by atoms with E-state index >= 15 is 0 Å². The molecule has 1 saturated carbocycles. The number of rotatable bonds is 7. The highest BCUT2D eigenvalue weighted by Gasteiger charge is 2.37. The van der Waals surface area contributed by atoms with Crippen molar-refractivity contribution in [2.45, 2.75) is 59.0 Å². The highest BCUT2D eigenvalue weighted by atomic mass is 31.1. The van der Waals surface area contributed by atoms with E-state index in [1.807, 2.05) is 6.07 Å². The van der Waals surface area contributed by atoms with E-state index in [1.54, 1.807) is 0 Å². The van der Waals surface area contributed by atoms with Gasteiger partial charge in [0, 0.05) is 0 Å². The minimum absolute atomic E-state index is 0.198. The Morgan fingerprint density at radius 1 is 1.23 bits per heavy atom. The van der Waals surface area contributed by atoms with Gasteiger partial charge in [-0.2, -0.15) is 0 Å². The van der Waals surface area contributed by atoms with E-state index in [4.69, 9.17) is 4.52 Å². The molecule has 0 aliphatic heterocycles. The Kier molecular flexibility index (Phi) is 7.05. The fraction of sp³-hybridized carbons (Fsp3) is 0.684. The molecule has 3 heteroatoms. The summed E-state index contributed by atoms with van der Waals surface area (Å²) in [6.45, 7) is 6.81. The molecule has 0 heterocycles. The first kappa shape index (κ1) is 17.6. The van der Waals surface area contributed by atoms with Gasteiger partial charge in [-0.15, -0.1) is 4.52 Å². The lowest BCUT2D eigenvalue weighted by molar-refractivity contribution is 0.0524. The van der Waals surface area contributed by atoms with Gasteiger partial charge in [-0.3, -0.25) is 0 Å². The van der Waals surface area contributed by atoms with Crippen LogP contribution in [0.4, 0.5) is 0 Å². The van der Waals surface area contributed by atoms with Crippen molar-refractivity contribution >= 4 is 8.03 Å². The van der Waals surface area contributed by atoms with E-state index in [9.17, 15) is 4.57 Å². The molecule has 2 nitrogen and oxygen atoms in total. The highest BCUT2D eigenvalue weighted by molar-refractivity contribution is 7.39. The van der Waals surface area contributed by atoms with Crippen LogP contribution in [0.5, 0.6) is 0 Å². The fourth-order valence-corrected chi connectivity index (χ4v) is 4.56. The van der Waals surface area contributed by atoms with Crippen LogP contribution >= 0.6 is 8.03 Å². The van der Waals surface area contributed by atoms with Gasteiger partial charge in [0.25, 0.3) is 0 Å². The Labute approximate surface area is 136 Å². The zero-order chi connectivity index (χ0) is 15.9. The zero-order valence-electron chi connectivity index (χ0n) is 14.2.